The minimum atomic E-state index is -0.00603. The molecule has 1 atom stereocenters. The molecule has 88 valence electrons. The molecule has 4 nitrogen and oxygen atoms in total. The predicted octanol–water partition coefficient (Wildman–Crippen LogP) is 1.16. The smallest absolute Gasteiger partial charge is 0.240 e. The zero-order valence-corrected chi connectivity index (χ0v) is 10.5. The maximum Gasteiger partial charge on any atom is 0.240 e. The molecule has 0 spiro atoms. The van der Waals surface area contributed by atoms with Crippen LogP contribution in [0.25, 0.3) is 0 Å². The second kappa shape index (κ2) is 4.93. The van der Waals surface area contributed by atoms with Crippen molar-refractivity contribution in [3.05, 3.63) is 16.1 Å². The number of piperidine rings is 1. The number of likely N-dealkylation sites (tertiary alicyclic amines) is 1. The van der Waals surface area contributed by atoms with E-state index < -0.39 is 0 Å². The first kappa shape index (κ1) is 11.5. The highest BCUT2D eigenvalue weighted by Crippen LogP contribution is 2.16. The molecule has 2 rings (SSSR count). The summed E-state index contributed by atoms with van der Waals surface area (Å²) in [6.07, 6.45) is 2.02. The number of nitrogens with one attached hydrogen (secondary N) is 1. The average molecular weight is 239 g/mol. The minimum absolute atomic E-state index is 0.00603. The molecule has 2 heterocycles. The molecule has 1 fully saturated rings. The molecule has 1 aliphatic heterocycles. The number of aryl methyl sites for hydroxylation is 1. The van der Waals surface area contributed by atoms with Crippen molar-refractivity contribution in [3.8, 4) is 0 Å². The van der Waals surface area contributed by atoms with Gasteiger partial charge in [0.25, 0.3) is 0 Å². The maximum absolute atomic E-state index is 12.0. The molecular formula is C11H17N3OS. The van der Waals surface area contributed by atoms with Crippen molar-refractivity contribution in [1.82, 2.24) is 15.2 Å². The zero-order chi connectivity index (χ0) is 11.5. The van der Waals surface area contributed by atoms with E-state index in [0.29, 0.717) is 6.54 Å². The molecule has 1 aromatic rings. The fourth-order valence-corrected chi connectivity index (χ4v) is 2.65. The van der Waals surface area contributed by atoms with Crippen molar-refractivity contribution in [2.45, 2.75) is 32.4 Å². The lowest BCUT2D eigenvalue weighted by atomic mass is 10.1. The second-order valence-corrected chi connectivity index (χ2v) is 5.16. The molecule has 1 saturated heterocycles. The molecule has 0 aromatic carbocycles. The summed E-state index contributed by atoms with van der Waals surface area (Å²) in [7, 11) is 1.85. The Labute approximate surface area is 99.7 Å². The van der Waals surface area contributed by atoms with E-state index in [2.05, 4.69) is 10.3 Å². The van der Waals surface area contributed by atoms with E-state index >= 15 is 0 Å². The molecule has 1 amide bonds. The zero-order valence-electron chi connectivity index (χ0n) is 9.69. The third kappa shape index (κ3) is 2.41. The summed E-state index contributed by atoms with van der Waals surface area (Å²) in [6.45, 7) is 3.50. The molecule has 0 aliphatic carbocycles. The monoisotopic (exact) mass is 239 g/mol. The number of aromatic nitrogens is 1. The summed E-state index contributed by atoms with van der Waals surface area (Å²) < 4.78 is 0. The Hall–Kier alpha value is -0.940. The van der Waals surface area contributed by atoms with Gasteiger partial charge >= 0.3 is 0 Å². The number of carbonyl (C=O) groups is 1. The number of rotatable bonds is 3. The second-order valence-electron chi connectivity index (χ2n) is 4.10. The highest BCUT2D eigenvalue weighted by atomic mass is 32.1. The largest absolute Gasteiger partial charge is 0.335 e. The third-order valence-corrected chi connectivity index (χ3v) is 3.72. The fourth-order valence-electron chi connectivity index (χ4n) is 2.04. The van der Waals surface area contributed by atoms with Gasteiger partial charge < -0.3 is 10.2 Å². The van der Waals surface area contributed by atoms with Gasteiger partial charge in [0.05, 0.1) is 23.3 Å². The summed E-state index contributed by atoms with van der Waals surface area (Å²) in [5.41, 5.74) is 1.01. The number of amides is 1. The maximum atomic E-state index is 12.0. The van der Waals surface area contributed by atoms with Crippen LogP contribution in [-0.2, 0) is 11.3 Å². The molecule has 1 N–H and O–H groups in total. The predicted molar refractivity (Wildman–Crippen MR) is 64.3 cm³/mol. The number of hydrogen-bond donors (Lipinski definition) is 1. The first-order valence-electron chi connectivity index (χ1n) is 5.58. The number of nitrogens with zero attached hydrogens (tertiary/aromatic N) is 2. The van der Waals surface area contributed by atoms with Crippen LogP contribution in [0.1, 0.15) is 23.5 Å². The summed E-state index contributed by atoms with van der Waals surface area (Å²) in [6, 6.07) is -0.00603. The lowest BCUT2D eigenvalue weighted by Crippen LogP contribution is -2.49. The van der Waals surface area contributed by atoms with Crippen LogP contribution in [0.2, 0.25) is 0 Å². The van der Waals surface area contributed by atoms with Gasteiger partial charge in [-0.05, 0) is 26.8 Å². The Bertz CT molecular complexity index is 377. The van der Waals surface area contributed by atoms with Crippen LogP contribution in [0.5, 0.6) is 0 Å². The standard InChI is InChI=1S/C11H17N3OS/c1-8-13-9(7-16-8)6-14-5-3-4-10(12-2)11(14)15/h7,10,12H,3-6H2,1-2H3. The van der Waals surface area contributed by atoms with E-state index in [-0.39, 0.29) is 11.9 Å². The van der Waals surface area contributed by atoms with Crippen LogP contribution < -0.4 is 5.32 Å². The van der Waals surface area contributed by atoms with E-state index in [1.165, 1.54) is 0 Å². The topological polar surface area (TPSA) is 45.2 Å². The molecular weight excluding hydrogens is 222 g/mol. The van der Waals surface area contributed by atoms with Gasteiger partial charge in [-0.3, -0.25) is 4.79 Å². The molecule has 1 aliphatic rings. The third-order valence-electron chi connectivity index (χ3n) is 2.90. The van der Waals surface area contributed by atoms with Gasteiger partial charge in [-0.25, -0.2) is 4.98 Å². The van der Waals surface area contributed by atoms with E-state index in [1.54, 1.807) is 11.3 Å². The van der Waals surface area contributed by atoms with Crippen LogP contribution in [0.15, 0.2) is 5.38 Å². The number of thiazole rings is 1. The van der Waals surface area contributed by atoms with Crippen molar-refractivity contribution in [1.29, 1.82) is 0 Å². The molecule has 16 heavy (non-hydrogen) atoms. The van der Waals surface area contributed by atoms with Gasteiger partial charge in [0.1, 0.15) is 0 Å². The number of carbonyl (C=O) groups excluding carboxylic acids is 1. The minimum Gasteiger partial charge on any atom is -0.335 e. The van der Waals surface area contributed by atoms with Gasteiger partial charge in [0.2, 0.25) is 5.91 Å². The Balaban J connectivity index is 2.01. The van der Waals surface area contributed by atoms with Gasteiger partial charge in [-0.1, -0.05) is 0 Å². The van der Waals surface area contributed by atoms with Crippen molar-refractivity contribution in [2.24, 2.45) is 0 Å². The van der Waals surface area contributed by atoms with Crippen molar-refractivity contribution >= 4 is 17.2 Å². The number of hydrogen-bond acceptors (Lipinski definition) is 4. The van der Waals surface area contributed by atoms with Crippen LogP contribution >= 0.6 is 11.3 Å². The lowest BCUT2D eigenvalue weighted by Gasteiger charge is -2.31. The van der Waals surface area contributed by atoms with Crippen molar-refractivity contribution in [3.63, 3.8) is 0 Å². The SMILES string of the molecule is CNC1CCCN(Cc2csc(C)n2)C1=O. The van der Waals surface area contributed by atoms with Crippen LogP contribution in [0, 0.1) is 6.92 Å². The van der Waals surface area contributed by atoms with E-state index in [1.807, 2.05) is 24.3 Å². The van der Waals surface area contributed by atoms with E-state index in [4.69, 9.17) is 0 Å². The first-order chi connectivity index (χ1) is 7.70. The molecule has 5 heteroatoms. The van der Waals surface area contributed by atoms with Gasteiger partial charge in [-0.15, -0.1) is 11.3 Å². The lowest BCUT2D eigenvalue weighted by molar-refractivity contribution is -0.136. The normalized spacial score (nSPS) is 21.5. The Morgan fingerprint density at radius 3 is 3.12 bits per heavy atom. The van der Waals surface area contributed by atoms with Crippen LogP contribution in [0.4, 0.5) is 0 Å². The molecule has 1 unspecified atom stereocenters. The first-order valence-corrected chi connectivity index (χ1v) is 6.45. The van der Waals surface area contributed by atoms with Crippen LogP contribution in [-0.4, -0.2) is 35.4 Å². The fraction of sp³-hybridized carbons (Fsp3) is 0.636. The van der Waals surface area contributed by atoms with Gasteiger partial charge in [0, 0.05) is 11.9 Å². The van der Waals surface area contributed by atoms with E-state index in [9.17, 15) is 4.79 Å². The molecule has 0 radical (unpaired) electrons. The quantitative estimate of drug-likeness (QED) is 0.861. The van der Waals surface area contributed by atoms with Crippen molar-refractivity contribution in [2.75, 3.05) is 13.6 Å². The Morgan fingerprint density at radius 1 is 1.69 bits per heavy atom. The van der Waals surface area contributed by atoms with E-state index in [0.717, 1.165) is 30.1 Å². The number of likely N-dealkylation sites (N-methyl/N-ethyl adjacent to an activating group) is 1. The summed E-state index contributed by atoms with van der Waals surface area (Å²) >= 11 is 1.64. The van der Waals surface area contributed by atoms with Gasteiger partial charge in [0.15, 0.2) is 0 Å². The highest BCUT2D eigenvalue weighted by Gasteiger charge is 2.27. The summed E-state index contributed by atoms with van der Waals surface area (Å²) in [5.74, 6) is 0.208. The molecule has 0 bridgehead atoms. The molecule has 1 aromatic heterocycles. The van der Waals surface area contributed by atoms with Crippen molar-refractivity contribution < 1.29 is 4.79 Å². The average Bonchev–Trinajstić information content (AvgIpc) is 2.67. The van der Waals surface area contributed by atoms with Gasteiger partial charge in [-0.2, -0.15) is 0 Å². The summed E-state index contributed by atoms with van der Waals surface area (Å²) in [4.78, 5) is 18.3. The summed E-state index contributed by atoms with van der Waals surface area (Å²) in [5, 5.41) is 6.16. The molecule has 0 saturated carbocycles. The Morgan fingerprint density at radius 2 is 2.50 bits per heavy atom. The Kier molecular flexibility index (Phi) is 3.56. The highest BCUT2D eigenvalue weighted by molar-refractivity contribution is 7.09. The van der Waals surface area contributed by atoms with Crippen LogP contribution in [0.3, 0.4) is 0 Å².